The molecule has 2 atom stereocenters. The second kappa shape index (κ2) is 2.88. The Kier molecular flexibility index (Phi) is 2.35. The molecule has 1 N–H and O–H groups in total. The van der Waals surface area contributed by atoms with E-state index in [9.17, 15) is 5.11 Å². The summed E-state index contributed by atoms with van der Waals surface area (Å²) in [7, 11) is 0. The monoisotopic (exact) mass is 168 g/mol. The quantitative estimate of drug-likeness (QED) is 0.597. The van der Waals surface area contributed by atoms with Crippen molar-refractivity contribution in [3.8, 4) is 0 Å². The van der Waals surface area contributed by atoms with Crippen LogP contribution in [0.5, 0.6) is 0 Å². The first kappa shape index (κ1) is 9.79. The molecule has 2 unspecified atom stereocenters. The molecule has 1 aliphatic carbocycles. The Hall–Kier alpha value is -0.300. The molecular formula is C11H20O. The molecular weight excluding hydrogens is 148 g/mol. The average Bonchev–Trinajstić information content (AvgIpc) is 1.80. The van der Waals surface area contributed by atoms with Gasteiger partial charge in [-0.2, -0.15) is 0 Å². The minimum atomic E-state index is -0.486. The van der Waals surface area contributed by atoms with E-state index >= 15 is 0 Å². The third-order valence-corrected chi connectivity index (χ3v) is 2.71. The first-order chi connectivity index (χ1) is 5.35. The predicted octanol–water partition coefficient (Wildman–Crippen LogP) is 2.75. The Labute approximate surface area is 75.5 Å². The maximum atomic E-state index is 9.96. The van der Waals surface area contributed by atoms with E-state index in [1.165, 1.54) is 0 Å². The van der Waals surface area contributed by atoms with E-state index in [1.54, 1.807) is 0 Å². The lowest BCUT2D eigenvalue weighted by Crippen LogP contribution is -2.39. The molecule has 1 rings (SSSR count). The number of hydrogen-bond donors (Lipinski definition) is 1. The molecule has 0 heterocycles. The van der Waals surface area contributed by atoms with Gasteiger partial charge in [0.05, 0.1) is 5.60 Å². The van der Waals surface area contributed by atoms with Crippen molar-refractivity contribution in [1.29, 1.82) is 0 Å². The van der Waals surface area contributed by atoms with Crippen molar-refractivity contribution < 1.29 is 5.11 Å². The van der Waals surface area contributed by atoms with Crippen LogP contribution in [0.25, 0.3) is 0 Å². The van der Waals surface area contributed by atoms with Crippen LogP contribution in [0.4, 0.5) is 0 Å². The summed E-state index contributed by atoms with van der Waals surface area (Å²) in [5, 5.41) is 9.96. The highest BCUT2D eigenvalue weighted by atomic mass is 16.3. The highest BCUT2D eigenvalue weighted by Crippen LogP contribution is 2.43. The summed E-state index contributed by atoms with van der Waals surface area (Å²) in [6.07, 6.45) is 4.92. The Balaban J connectivity index is 2.72. The lowest BCUT2D eigenvalue weighted by molar-refractivity contribution is -0.0381. The van der Waals surface area contributed by atoms with Crippen LogP contribution in [0.15, 0.2) is 12.7 Å². The second-order valence-electron chi connectivity index (χ2n) is 5.24. The highest BCUT2D eigenvalue weighted by molar-refractivity contribution is 4.96. The molecule has 1 heteroatoms. The normalized spacial score (nSPS) is 40.8. The van der Waals surface area contributed by atoms with Crippen molar-refractivity contribution in [3.63, 3.8) is 0 Å². The van der Waals surface area contributed by atoms with Gasteiger partial charge in [-0.1, -0.05) is 19.9 Å². The van der Waals surface area contributed by atoms with Crippen LogP contribution in [0.3, 0.4) is 0 Å². The SMILES string of the molecule is C=CC1CC(C)(C)CC(C)(O)C1. The van der Waals surface area contributed by atoms with E-state index in [0.29, 0.717) is 5.92 Å². The first-order valence-electron chi connectivity index (χ1n) is 4.70. The minimum absolute atomic E-state index is 0.264. The molecule has 0 aliphatic heterocycles. The summed E-state index contributed by atoms with van der Waals surface area (Å²) in [6, 6.07) is 0. The van der Waals surface area contributed by atoms with Gasteiger partial charge in [-0.05, 0) is 37.5 Å². The van der Waals surface area contributed by atoms with Crippen molar-refractivity contribution in [1.82, 2.24) is 0 Å². The lowest BCUT2D eigenvalue weighted by Gasteiger charge is -2.42. The third-order valence-electron chi connectivity index (χ3n) is 2.71. The van der Waals surface area contributed by atoms with E-state index in [4.69, 9.17) is 0 Å². The van der Waals surface area contributed by atoms with E-state index in [1.807, 2.05) is 13.0 Å². The largest absolute Gasteiger partial charge is 0.390 e. The molecule has 0 aromatic heterocycles. The van der Waals surface area contributed by atoms with E-state index in [2.05, 4.69) is 20.4 Å². The van der Waals surface area contributed by atoms with Gasteiger partial charge in [0.2, 0.25) is 0 Å². The Morgan fingerprint density at radius 2 is 1.92 bits per heavy atom. The summed E-state index contributed by atoms with van der Waals surface area (Å²) < 4.78 is 0. The van der Waals surface area contributed by atoms with Crippen LogP contribution in [0.2, 0.25) is 0 Å². The van der Waals surface area contributed by atoms with E-state index in [0.717, 1.165) is 19.3 Å². The molecule has 0 bridgehead atoms. The Morgan fingerprint density at radius 3 is 2.33 bits per heavy atom. The topological polar surface area (TPSA) is 20.2 Å². The van der Waals surface area contributed by atoms with Gasteiger partial charge in [-0.3, -0.25) is 0 Å². The predicted molar refractivity (Wildman–Crippen MR) is 51.9 cm³/mol. The molecule has 1 aliphatic rings. The summed E-state index contributed by atoms with van der Waals surface area (Å²) in [6.45, 7) is 10.2. The molecule has 1 nitrogen and oxygen atoms in total. The summed E-state index contributed by atoms with van der Waals surface area (Å²) in [4.78, 5) is 0. The molecule has 70 valence electrons. The van der Waals surface area contributed by atoms with Gasteiger partial charge >= 0.3 is 0 Å². The molecule has 1 fully saturated rings. The maximum absolute atomic E-state index is 9.96. The van der Waals surface area contributed by atoms with E-state index in [-0.39, 0.29) is 5.41 Å². The molecule has 1 saturated carbocycles. The minimum Gasteiger partial charge on any atom is -0.390 e. The number of rotatable bonds is 1. The standard InChI is InChI=1S/C11H20O/c1-5-9-6-10(2,3)8-11(4,12)7-9/h5,9,12H,1,6-8H2,2-4H3. The molecule has 0 amide bonds. The lowest BCUT2D eigenvalue weighted by atomic mass is 9.66. The third kappa shape index (κ3) is 2.34. The number of hydrogen-bond acceptors (Lipinski definition) is 1. The van der Waals surface area contributed by atoms with Crippen molar-refractivity contribution in [2.24, 2.45) is 11.3 Å². The molecule has 0 aromatic rings. The first-order valence-corrected chi connectivity index (χ1v) is 4.70. The fraction of sp³-hybridized carbons (Fsp3) is 0.818. The van der Waals surface area contributed by atoms with Gasteiger partial charge in [0, 0.05) is 0 Å². The number of allylic oxidation sites excluding steroid dienone is 1. The molecule has 12 heavy (non-hydrogen) atoms. The zero-order valence-corrected chi connectivity index (χ0v) is 8.43. The Morgan fingerprint density at radius 1 is 1.33 bits per heavy atom. The van der Waals surface area contributed by atoms with Crippen molar-refractivity contribution in [3.05, 3.63) is 12.7 Å². The fourth-order valence-corrected chi connectivity index (χ4v) is 2.69. The van der Waals surface area contributed by atoms with Crippen molar-refractivity contribution in [2.45, 2.75) is 45.6 Å². The Bertz CT molecular complexity index is 163. The molecule has 0 saturated heterocycles. The molecule has 0 spiro atoms. The van der Waals surface area contributed by atoms with Gasteiger partial charge in [-0.15, -0.1) is 6.58 Å². The van der Waals surface area contributed by atoms with E-state index < -0.39 is 5.60 Å². The van der Waals surface area contributed by atoms with Gasteiger partial charge in [0.1, 0.15) is 0 Å². The molecule has 0 radical (unpaired) electrons. The summed E-state index contributed by atoms with van der Waals surface area (Å²) >= 11 is 0. The fourth-order valence-electron chi connectivity index (χ4n) is 2.69. The van der Waals surface area contributed by atoms with Crippen LogP contribution >= 0.6 is 0 Å². The summed E-state index contributed by atoms with van der Waals surface area (Å²) in [5.41, 5.74) is -0.221. The molecule has 0 aromatic carbocycles. The highest BCUT2D eigenvalue weighted by Gasteiger charge is 2.38. The van der Waals surface area contributed by atoms with Crippen molar-refractivity contribution in [2.75, 3.05) is 0 Å². The van der Waals surface area contributed by atoms with Gasteiger partial charge in [0.25, 0.3) is 0 Å². The smallest absolute Gasteiger partial charge is 0.0630 e. The van der Waals surface area contributed by atoms with Gasteiger partial charge < -0.3 is 5.11 Å². The second-order valence-corrected chi connectivity index (χ2v) is 5.24. The zero-order valence-electron chi connectivity index (χ0n) is 8.43. The number of aliphatic hydroxyl groups is 1. The van der Waals surface area contributed by atoms with Crippen molar-refractivity contribution >= 4 is 0 Å². The van der Waals surface area contributed by atoms with Crippen LogP contribution in [0.1, 0.15) is 40.0 Å². The maximum Gasteiger partial charge on any atom is 0.0630 e. The average molecular weight is 168 g/mol. The summed E-state index contributed by atoms with van der Waals surface area (Å²) in [5.74, 6) is 0.490. The van der Waals surface area contributed by atoms with Crippen LogP contribution in [-0.2, 0) is 0 Å². The van der Waals surface area contributed by atoms with Gasteiger partial charge in [0.15, 0.2) is 0 Å². The van der Waals surface area contributed by atoms with Gasteiger partial charge in [-0.25, -0.2) is 0 Å². The van der Waals surface area contributed by atoms with Crippen LogP contribution in [0, 0.1) is 11.3 Å². The van der Waals surface area contributed by atoms with Crippen LogP contribution < -0.4 is 0 Å². The zero-order chi connectivity index (χ0) is 9.41. The van der Waals surface area contributed by atoms with Crippen LogP contribution in [-0.4, -0.2) is 10.7 Å².